The van der Waals surface area contributed by atoms with Crippen molar-refractivity contribution in [1.29, 1.82) is 0 Å². The number of esters is 1. The molecule has 2 unspecified atom stereocenters. The van der Waals surface area contributed by atoms with Crippen LogP contribution in [0.2, 0.25) is 0 Å². The largest absolute Gasteiger partial charge is 0.472 e. The summed E-state index contributed by atoms with van der Waals surface area (Å²) in [7, 11) is 1.69. The molecule has 390 valence electrons. The van der Waals surface area contributed by atoms with Gasteiger partial charge in [0.05, 0.1) is 34.4 Å². The lowest BCUT2D eigenvalue weighted by Crippen LogP contribution is -2.37. The fourth-order valence-electron chi connectivity index (χ4n) is 8.73. The molecule has 0 aromatic carbocycles. The van der Waals surface area contributed by atoms with E-state index >= 15 is 0 Å². The molecule has 0 amide bonds. The zero-order chi connectivity index (χ0) is 47.6. The Labute approximate surface area is 406 Å². The van der Waals surface area contributed by atoms with Gasteiger partial charge in [-0.15, -0.1) is 0 Å². The summed E-state index contributed by atoms with van der Waals surface area (Å²) >= 11 is 0. The molecule has 8 nitrogen and oxygen atoms in total. The molecule has 0 aliphatic rings. The van der Waals surface area contributed by atoms with E-state index in [9.17, 15) is 14.3 Å². The van der Waals surface area contributed by atoms with Crippen molar-refractivity contribution in [3.8, 4) is 0 Å². The van der Waals surface area contributed by atoms with E-state index in [1.54, 1.807) is 0 Å². The molecular formula is C56H115NO7P+. The summed E-state index contributed by atoms with van der Waals surface area (Å²) in [5.74, 6) is -0.303. The molecule has 0 radical (unpaired) electrons. The number of likely N-dealkylation sites (N-methyl/N-ethyl adjacent to an activating group) is 1. The van der Waals surface area contributed by atoms with Gasteiger partial charge < -0.3 is 18.9 Å². The maximum Gasteiger partial charge on any atom is 0.472 e. The molecule has 0 heterocycles. The van der Waals surface area contributed by atoms with Crippen LogP contribution in [0.3, 0.4) is 0 Å². The minimum absolute atomic E-state index is 0.0945. The lowest BCUT2D eigenvalue weighted by molar-refractivity contribution is -0.870. The highest BCUT2D eigenvalue weighted by molar-refractivity contribution is 7.47. The topological polar surface area (TPSA) is 91.3 Å². The molecule has 0 aromatic rings. The van der Waals surface area contributed by atoms with Crippen LogP contribution in [0.25, 0.3) is 0 Å². The van der Waals surface area contributed by atoms with E-state index in [1.807, 2.05) is 21.1 Å². The molecular weight excluding hydrogens is 830 g/mol. The molecule has 0 saturated heterocycles. The van der Waals surface area contributed by atoms with Crippen molar-refractivity contribution in [2.24, 2.45) is 0 Å². The Hall–Kier alpha value is -0.500. The quantitative estimate of drug-likeness (QED) is 0.0281. The van der Waals surface area contributed by atoms with Gasteiger partial charge in [0.2, 0.25) is 0 Å². The highest BCUT2D eigenvalue weighted by atomic mass is 31.2. The minimum Gasteiger partial charge on any atom is -0.457 e. The third kappa shape index (κ3) is 54.3. The van der Waals surface area contributed by atoms with Gasteiger partial charge in [-0.05, 0) is 12.8 Å². The monoisotopic (exact) mass is 945 g/mol. The predicted octanol–water partition coefficient (Wildman–Crippen LogP) is 18.0. The van der Waals surface area contributed by atoms with Crippen LogP contribution in [-0.4, -0.2) is 75.6 Å². The summed E-state index contributed by atoms with van der Waals surface area (Å²) in [5.41, 5.74) is 0. The van der Waals surface area contributed by atoms with Gasteiger partial charge in [0.1, 0.15) is 19.3 Å². The molecule has 1 N–H and O–H groups in total. The molecule has 0 rings (SSSR count). The van der Waals surface area contributed by atoms with E-state index in [-0.39, 0.29) is 25.8 Å². The first kappa shape index (κ1) is 64.5. The van der Waals surface area contributed by atoms with Gasteiger partial charge in [-0.2, -0.15) is 0 Å². The van der Waals surface area contributed by atoms with Crippen LogP contribution in [-0.2, 0) is 27.9 Å². The number of carbonyl (C=O) groups excluding carboxylic acids is 1. The standard InChI is InChI=1S/C56H114NO7P/c1-6-8-10-12-14-16-18-20-22-24-26-28-29-30-32-34-36-38-40-42-44-46-48-51-61-53-55(54-63-65(59,60)62-52-50-57(3,4)5)64-56(58)49-47-45-43-41-39-37-35-33-31-27-25-23-21-19-17-15-13-11-9-7-2/h55H,6-54H2,1-5H3/p+1. The molecule has 0 saturated carbocycles. The summed E-state index contributed by atoms with van der Waals surface area (Å²) in [6.07, 6.45) is 57.4. The smallest absolute Gasteiger partial charge is 0.457 e. The van der Waals surface area contributed by atoms with Gasteiger partial charge in [-0.1, -0.05) is 277 Å². The zero-order valence-electron chi connectivity index (χ0n) is 44.5. The lowest BCUT2D eigenvalue weighted by atomic mass is 10.0. The molecule has 0 bridgehead atoms. The zero-order valence-corrected chi connectivity index (χ0v) is 45.4. The van der Waals surface area contributed by atoms with Crippen molar-refractivity contribution >= 4 is 13.8 Å². The third-order valence-electron chi connectivity index (χ3n) is 13.2. The Morgan fingerprint density at radius 3 is 1.02 bits per heavy atom. The van der Waals surface area contributed by atoms with Crippen molar-refractivity contribution < 1.29 is 37.3 Å². The summed E-state index contributed by atoms with van der Waals surface area (Å²) < 4.78 is 35.3. The van der Waals surface area contributed by atoms with Gasteiger partial charge in [0.15, 0.2) is 0 Å². The molecule has 0 aromatic heterocycles. The molecule has 0 aliphatic carbocycles. The Kier molecular flexibility index (Phi) is 49.5. The minimum atomic E-state index is -4.28. The fraction of sp³-hybridized carbons (Fsp3) is 0.982. The SMILES string of the molecule is CCCCCCCCCCCCCCCCCCCCCCCCCOCC(COP(=O)(O)OCC[N+](C)(C)C)OC(=O)CCCCCCCCCCCCCCCCCCCCCC. The average molecular weight is 946 g/mol. The first-order chi connectivity index (χ1) is 31.6. The van der Waals surface area contributed by atoms with Gasteiger partial charge in [0.25, 0.3) is 0 Å². The molecule has 65 heavy (non-hydrogen) atoms. The van der Waals surface area contributed by atoms with Crippen molar-refractivity contribution in [3.63, 3.8) is 0 Å². The highest BCUT2D eigenvalue weighted by Crippen LogP contribution is 2.43. The summed E-state index contributed by atoms with van der Waals surface area (Å²) in [4.78, 5) is 23.1. The molecule has 0 fully saturated rings. The van der Waals surface area contributed by atoms with Crippen LogP contribution in [0.5, 0.6) is 0 Å². The van der Waals surface area contributed by atoms with E-state index in [1.165, 1.54) is 244 Å². The normalized spacial score (nSPS) is 13.4. The van der Waals surface area contributed by atoms with Crippen molar-refractivity contribution in [3.05, 3.63) is 0 Å². The number of hydrogen-bond acceptors (Lipinski definition) is 6. The second-order valence-corrected chi connectivity index (χ2v) is 22.5. The molecule has 0 aliphatic heterocycles. The van der Waals surface area contributed by atoms with Gasteiger partial charge >= 0.3 is 13.8 Å². The maximum absolute atomic E-state index is 12.8. The Morgan fingerprint density at radius 1 is 0.415 bits per heavy atom. The van der Waals surface area contributed by atoms with E-state index in [0.717, 1.165) is 32.1 Å². The molecule has 2 atom stereocenters. The summed E-state index contributed by atoms with van der Waals surface area (Å²) in [6, 6.07) is 0. The third-order valence-corrected chi connectivity index (χ3v) is 14.2. The highest BCUT2D eigenvalue weighted by Gasteiger charge is 2.26. The number of ether oxygens (including phenoxy) is 2. The maximum atomic E-state index is 12.8. The second kappa shape index (κ2) is 49.9. The van der Waals surface area contributed by atoms with E-state index in [4.69, 9.17) is 18.5 Å². The first-order valence-corrected chi connectivity index (χ1v) is 30.3. The molecule has 9 heteroatoms. The van der Waals surface area contributed by atoms with Crippen LogP contribution >= 0.6 is 7.82 Å². The number of carbonyl (C=O) groups is 1. The van der Waals surface area contributed by atoms with Crippen LogP contribution in [0.4, 0.5) is 0 Å². The van der Waals surface area contributed by atoms with Gasteiger partial charge in [0, 0.05) is 13.0 Å². The summed E-state index contributed by atoms with van der Waals surface area (Å²) in [6.45, 7) is 5.72. The van der Waals surface area contributed by atoms with Crippen molar-refractivity contribution in [2.45, 2.75) is 302 Å². The number of unbranched alkanes of at least 4 members (excludes halogenated alkanes) is 41. The van der Waals surface area contributed by atoms with Gasteiger partial charge in [-0.3, -0.25) is 13.8 Å². The Morgan fingerprint density at radius 2 is 0.708 bits per heavy atom. The number of hydrogen-bond donors (Lipinski definition) is 1. The van der Waals surface area contributed by atoms with Crippen LogP contribution in [0.15, 0.2) is 0 Å². The van der Waals surface area contributed by atoms with Gasteiger partial charge in [-0.25, -0.2) is 4.57 Å². The second-order valence-electron chi connectivity index (χ2n) is 21.0. The van der Waals surface area contributed by atoms with Crippen molar-refractivity contribution in [2.75, 3.05) is 54.1 Å². The Bertz CT molecular complexity index is 1010. The average Bonchev–Trinajstić information content (AvgIpc) is 3.27. The van der Waals surface area contributed by atoms with Crippen LogP contribution < -0.4 is 0 Å². The van der Waals surface area contributed by atoms with Crippen LogP contribution in [0, 0.1) is 0 Å². The van der Waals surface area contributed by atoms with Crippen LogP contribution in [0.1, 0.15) is 296 Å². The van der Waals surface area contributed by atoms with E-state index in [2.05, 4.69) is 13.8 Å². The number of quaternary nitrogens is 1. The van der Waals surface area contributed by atoms with E-state index < -0.39 is 13.9 Å². The van der Waals surface area contributed by atoms with E-state index in [0.29, 0.717) is 24.1 Å². The number of phosphoric acid groups is 1. The first-order valence-electron chi connectivity index (χ1n) is 28.8. The Balaban J connectivity index is 4.01. The number of nitrogens with zero attached hydrogens (tertiary/aromatic N) is 1. The number of phosphoric ester groups is 1. The predicted molar refractivity (Wildman–Crippen MR) is 280 cm³/mol. The summed E-state index contributed by atoms with van der Waals surface area (Å²) in [5, 5.41) is 0. The fourth-order valence-corrected chi connectivity index (χ4v) is 9.48. The lowest BCUT2D eigenvalue weighted by Gasteiger charge is -2.24. The van der Waals surface area contributed by atoms with Crippen molar-refractivity contribution in [1.82, 2.24) is 0 Å². The molecule has 0 spiro atoms. The number of rotatable bonds is 55.